The molecule has 0 aliphatic rings. The third kappa shape index (κ3) is 4.39. The number of carbonyl (C=O) groups is 1. The molecule has 5 nitrogen and oxygen atoms in total. The standard InChI is InChI=1S/C24H18F3N3O2/c1-15-7-9-16(10-8-15)14-30-21-17(4-3-11-28-21)12-20(23(30)32)22(31)29-19-6-2-5-18(13-19)24(25,26)27/h2-13H,14H2,1H3,(H,29,31). The van der Waals surface area contributed by atoms with Gasteiger partial charge >= 0.3 is 6.18 Å². The number of rotatable bonds is 4. The molecule has 0 aliphatic carbocycles. The van der Waals surface area contributed by atoms with E-state index < -0.39 is 23.2 Å². The highest BCUT2D eigenvalue weighted by Crippen LogP contribution is 2.30. The van der Waals surface area contributed by atoms with E-state index in [1.54, 1.807) is 18.3 Å². The molecule has 4 aromatic rings. The fourth-order valence-electron chi connectivity index (χ4n) is 3.36. The Kier molecular flexibility index (Phi) is 5.52. The summed E-state index contributed by atoms with van der Waals surface area (Å²) in [7, 11) is 0. The lowest BCUT2D eigenvalue weighted by atomic mass is 10.1. The monoisotopic (exact) mass is 437 g/mol. The lowest BCUT2D eigenvalue weighted by Gasteiger charge is -2.13. The second-order valence-corrected chi connectivity index (χ2v) is 7.38. The average Bonchev–Trinajstić information content (AvgIpc) is 2.76. The van der Waals surface area contributed by atoms with E-state index in [-0.39, 0.29) is 17.8 Å². The number of hydrogen-bond acceptors (Lipinski definition) is 3. The summed E-state index contributed by atoms with van der Waals surface area (Å²) in [5, 5.41) is 2.97. The first-order valence-electron chi connectivity index (χ1n) is 9.75. The van der Waals surface area contributed by atoms with Crippen molar-refractivity contribution in [2.75, 3.05) is 5.32 Å². The van der Waals surface area contributed by atoms with Gasteiger partial charge in [-0.25, -0.2) is 4.98 Å². The van der Waals surface area contributed by atoms with Crippen LogP contribution in [0.2, 0.25) is 0 Å². The number of carbonyl (C=O) groups excluding carboxylic acids is 1. The van der Waals surface area contributed by atoms with Gasteiger partial charge in [0.15, 0.2) is 0 Å². The Labute approximate surface area is 181 Å². The zero-order valence-electron chi connectivity index (χ0n) is 17.0. The van der Waals surface area contributed by atoms with Gasteiger partial charge in [-0.05, 0) is 48.9 Å². The predicted molar refractivity (Wildman–Crippen MR) is 116 cm³/mol. The molecule has 1 amide bonds. The van der Waals surface area contributed by atoms with Gasteiger partial charge in [0.1, 0.15) is 11.2 Å². The number of nitrogens with zero attached hydrogens (tertiary/aromatic N) is 2. The summed E-state index contributed by atoms with van der Waals surface area (Å²) in [6.45, 7) is 2.14. The van der Waals surface area contributed by atoms with Crippen LogP contribution in [0.3, 0.4) is 0 Å². The first kappa shape index (κ1) is 21.3. The fraction of sp³-hybridized carbons (Fsp3) is 0.125. The first-order valence-corrected chi connectivity index (χ1v) is 9.75. The van der Waals surface area contributed by atoms with Crippen molar-refractivity contribution in [3.63, 3.8) is 0 Å². The number of aromatic nitrogens is 2. The summed E-state index contributed by atoms with van der Waals surface area (Å²) in [6.07, 6.45) is -2.99. The summed E-state index contributed by atoms with van der Waals surface area (Å²) in [6, 6.07) is 16.7. The first-order chi connectivity index (χ1) is 15.2. The number of pyridine rings is 2. The summed E-state index contributed by atoms with van der Waals surface area (Å²) >= 11 is 0. The Bertz CT molecular complexity index is 1360. The summed E-state index contributed by atoms with van der Waals surface area (Å²) in [5.74, 6) is -0.794. The van der Waals surface area contributed by atoms with Crippen LogP contribution in [0.1, 0.15) is 27.0 Å². The lowest BCUT2D eigenvalue weighted by Crippen LogP contribution is -2.30. The second-order valence-electron chi connectivity index (χ2n) is 7.38. The molecule has 2 aromatic heterocycles. The van der Waals surface area contributed by atoms with Crippen molar-refractivity contribution in [1.82, 2.24) is 9.55 Å². The van der Waals surface area contributed by atoms with Crippen LogP contribution in [-0.2, 0) is 12.7 Å². The van der Waals surface area contributed by atoms with Crippen molar-refractivity contribution in [2.24, 2.45) is 0 Å². The highest BCUT2D eigenvalue weighted by atomic mass is 19.4. The molecule has 0 spiro atoms. The molecule has 2 heterocycles. The predicted octanol–water partition coefficient (Wildman–Crippen LogP) is 5.02. The minimum absolute atomic E-state index is 0.0550. The highest BCUT2D eigenvalue weighted by Gasteiger charge is 2.30. The van der Waals surface area contributed by atoms with E-state index in [0.29, 0.717) is 11.0 Å². The molecule has 0 aliphatic heterocycles. The molecule has 0 saturated carbocycles. The molecule has 0 atom stereocenters. The Morgan fingerprint density at radius 1 is 1.03 bits per heavy atom. The third-order valence-electron chi connectivity index (χ3n) is 5.00. The van der Waals surface area contributed by atoms with Crippen LogP contribution in [0.4, 0.5) is 18.9 Å². The number of amides is 1. The van der Waals surface area contributed by atoms with Crippen LogP contribution >= 0.6 is 0 Å². The van der Waals surface area contributed by atoms with Crippen LogP contribution in [-0.4, -0.2) is 15.5 Å². The van der Waals surface area contributed by atoms with Crippen LogP contribution < -0.4 is 10.9 Å². The molecule has 0 radical (unpaired) electrons. The third-order valence-corrected chi connectivity index (χ3v) is 5.00. The smallest absolute Gasteiger partial charge is 0.322 e. The van der Waals surface area contributed by atoms with Crippen molar-refractivity contribution >= 4 is 22.6 Å². The normalized spacial score (nSPS) is 11.5. The number of fused-ring (bicyclic) bond motifs is 1. The van der Waals surface area contributed by atoms with Gasteiger partial charge in [-0.3, -0.25) is 14.2 Å². The Hall–Kier alpha value is -3.94. The van der Waals surface area contributed by atoms with Crippen molar-refractivity contribution < 1.29 is 18.0 Å². The largest absolute Gasteiger partial charge is 0.416 e. The van der Waals surface area contributed by atoms with Gasteiger partial charge in [0.2, 0.25) is 0 Å². The van der Waals surface area contributed by atoms with Crippen molar-refractivity contribution in [2.45, 2.75) is 19.6 Å². The van der Waals surface area contributed by atoms with Crippen LogP contribution in [0.25, 0.3) is 11.0 Å². The Balaban J connectivity index is 1.74. The van der Waals surface area contributed by atoms with Gasteiger partial charge in [-0.1, -0.05) is 35.9 Å². The SMILES string of the molecule is Cc1ccc(Cn2c(=O)c(C(=O)Nc3cccc(C(F)(F)F)c3)cc3cccnc32)cc1. The number of anilines is 1. The number of hydrogen-bond donors (Lipinski definition) is 1. The maximum Gasteiger partial charge on any atom is 0.416 e. The number of nitrogens with one attached hydrogen (secondary N) is 1. The topological polar surface area (TPSA) is 64.0 Å². The van der Waals surface area contributed by atoms with E-state index in [1.807, 2.05) is 31.2 Å². The zero-order valence-corrected chi connectivity index (χ0v) is 17.0. The molecule has 0 bridgehead atoms. The number of halogens is 3. The van der Waals surface area contributed by atoms with Crippen molar-refractivity contribution in [1.29, 1.82) is 0 Å². The molecular weight excluding hydrogens is 419 g/mol. The molecular formula is C24H18F3N3O2. The fourth-order valence-corrected chi connectivity index (χ4v) is 3.36. The summed E-state index contributed by atoms with van der Waals surface area (Å²) < 4.78 is 40.3. The van der Waals surface area contributed by atoms with E-state index in [0.717, 1.165) is 23.3 Å². The molecule has 162 valence electrons. The molecule has 32 heavy (non-hydrogen) atoms. The minimum Gasteiger partial charge on any atom is -0.322 e. The summed E-state index contributed by atoms with van der Waals surface area (Å²) in [5.41, 5.74) is 0.610. The lowest BCUT2D eigenvalue weighted by molar-refractivity contribution is -0.137. The Morgan fingerprint density at radius 2 is 1.78 bits per heavy atom. The number of alkyl halides is 3. The van der Waals surface area contributed by atoms with E-state index in [1.165, 1.54) is 22.8 Å². The Morgan fingerprint density at radius 3 is 2.50 bits per heavy atom. The van der Waals surface area contributed by atoms with Gasteiger partial charge in [-0.15, -0.1) is 0 Å². The highest BCUT2D eigenvalue weighted by molar-refractivity contribution is 6.05. The van der Waals surface area contributed by atoms with Crippen molar-refractivity contribution in [3.05, 3.63) is 106 Å². The van der Waals surface area contributed by atoms with Gasteiger partial charge in [0.05, 0.1) is 12.1 Å². The molecule has 1 N–H and O–H groups in total. The average molecular weight is 437 g/mol. The number of aryl methyl sites for hydroxylation is 1. The van der Waals surface area contributed by atoms with Crippen LogP contribution in [0.5, 0.6) is 0 Å². The number of benzene rings is 2. The zero-order chi connectivity index (χ0) is 22.9. The van der Waals surface area contributed by atoms with Gasteiger partial charge in [-0.2, -0.15) is 13.2 Å². The quantitative estimate of drug-likeness (QED) is 0.487. The van der Waals surface area contributed by atoms with Crippen LogP contribution in [0.15, 0.2) is 77.7 Å². The van der Waals surface area contributed by atoms with E-state index in [9.17, 15) is 22.8 Å². The van der Waals surface area contributed by atoms with E-state index >= 15 is 0 Å². The molecule has 4 rings (SSSR count). The molecule has 0 fully saturated rings. The molecule has 8 heteroatoms. The van der Waals surface area contributed by atoms with E-state index in [4.69, 9.17) is 0 Å². The maximum atomic E-state index is 13.2. The molecule has 2 aromatic carbocycles. The van der Waals surface area contributed by atoms with Crippen molar-refractivity contribution in [3.8, 4) is 0 Å². The summed E-state index contributed by atoms with van der Waals surface area (Å²) in [4.78, 5) is 30.3. The molecule has 0 unspecified atom stereocenters. The van der Waals surface area contributed by atoms with E-state index in [2.05, 4.69) is 10.3 Å². The van der Waals surface area contributed by atoms with Crippen LogP contribution in [0, 0.1) is 6.92 Å². The second kappa shape index (κ2) is 8.30. The van der Waals surface area contributed by atoms with Gasteiger partial charge in [0.25, 0.3) is 11.5 Å². The maximum absolute atomic E-state index is 13.2. The van der Waals surface area contributed by atoms with Gasteiger partial charge in [0, 0.05) is 17.3 Å². The molecule has 0 saturated heterocycles. The van der Waals surface area contributed by atoms with Gasteiger partial charge < -0.3 is 5.32 Å². The minimum atomic E-state index is -4.55.